The highest BCUT2D eigenvalue weighted by atomic mass is 16.3. The van der Waals surface area contributed by atoms with Gasteiger partial charge in [0.25, 0.3) is 5.91 Å². The highest BCUT2D eigenvalue weighted by molar-refractivity contribution is 6.01. The van der Waals surface area contributed by atoms with Crippen molar-refractivity contribution in [1.82, 2.24) is 10.2 Å². The molecule has 2 atom stereocenters. The number of aliphatic hydroxyl groups is 1. The van der Waals surface area contributed by atoms with E-state index >= 15 is 0 Å². The van der Waals surface area contributed by atoms with Crippen LogP contribution in [0.15, 0.2) is 24.3 Å². The number of hydrogen-bond acceptors (Lipinski definition) is 4. The first-order valence-corrected chi connectivity index (χ1v) is 8.67. The van der Waals surface area contributed by atoms with Crippen LogP contribution in [-0.4, -0.2) is 39.9 Å². The first-order valence-electron chi connectivity index (χ1n) is 8.67. The minimum Gasteiger partial charge on any atom is -0.388 e. The van der Waals surface area contributed by atoms with Crippen molar-refractivity contribution in [2.75, 3.05) is 6.54 Å². The number of nitrogens with one attached hydrogen (secondary N) is 1. The lowest BCUT2D eigenvalue weighted by Gasteiger charge is -2.29. The van der Waals surface area contributed by atoms with Crippen molar-refractivity contribution in [3.05, 3.63) is 35.4 Å². The summed E-state index contributed by atoms with van der Waals surface area (Å²) >= 11 is 0. The summed E-state index contributed by atoms with van der Waals surface area (Å²) < 4.78 is 0. The van der Waals surface area contributed by atoms with Gasteiger partial charge in [0.05, 0.1) is 12.1 Å². The molecule has 1 aromatic carbocycles. The Morgan fingerprint density at radius 2 is 1.80 bits per heavy atom. The molecule has 0 aliphatic carbocycles. The predicted molar refractivity (Wildman–Crippen MR) is 93.6 cm³/mol. The van der Waals surface area contributed by atoms with Gasteiger partial charge in [0.1, 0.15) is 0 Å². The Bertz CT molecular complexity index is 636. The molecule has 0 bridgehead atoms. The van der Waals surface area contributed by atoms with Crippen molar-refractivity contribution in [3.63, 3.8) is 0 Å². The van der Waals surface area contributed by atoms with Crippen LogP contribution in [0.25, 0.3) is 0 Å². The number of carbonyl (C=O) groups is 3. The fourth-order valence-electron chi connectivity index (χ4n) is 2.72. The van der Waals surface area contributed by atoms with Crippen LogP contribution in [0.1, 0.15) is 56.0 Å². The van der Waals surface area contributed by atoms with Crippen molar-refractivity contribution in [2.45, 2.75) is 52.2 Å². The zero-order valence-electron chi connectivity index (χ0n) is 15.0. The van der Waals surface area contributed by atoms with Gasteiger partial charge in [0, 0.05) is 24.9 Å². The average molecular weight is 346 g/mol. The quantitative estimate of drug-likeness (QED) is 0.738. The van der Waals surface area contributed by atoms with Crippen LogP contribution in [0.5, 0.6) is 0 Å². The van der Waals surface area contributed by atoms with Crippen LogP contribution in [0.4, 0.5) is 0 Å². The van der Waals surface area contributed by atoms with Crippen LogP contribution in [0, 0.1) is 5.92 Å². The molecule has 1 heterocycles. The van der Waals surface area contributed by atoms with Crippen LogP contribution < -0.4 is 5.32 Å². The second-order valence-electron chi connectivity index (χ2n) is 6.92. The summed E-state index contributed by atoms with van der Waals surface area (Å²) in [5.74, 6) is -0.493. The fraction of sp³-hybridized carbons (Fsp3) is 0.526. The Morgan fingerprint density at radius 3 is 2.32 bits per heavy atom. The van der Waals surface area contributed by atoms with Gasteiger partial charge in [-0.3, -0.25) is 19.3 Å². The highest BCUT2D eigenvalue weighted by Crippen LogP contribution is 2.19. The maximum absolute atomic E-state index is 12.2. The molecule has 1 aliphatic heterocycles. The second-order valence-corrected chi connectivity index (χ2v) is 6.92. The van der Waals surface area contributed by atoms with Gasteiger partial charge in [-0.1, -0.05) is 32.4 Å². The van der Waals surface area contributed by atoms with E-state index in [4.69, 9.17) is 0 Å². The van der Waals surface area contributed by atoms with Crippen molar-refractivity contribution in [2.24, 2.45) is 5.92 Å². The summed E-state index contributed by atoms with van der Waals surface area (Å²) in [6.45, 7) is 6.08. The molecule has 25 heavy (non-hydrogen) atoms. The monoisotopic (exact) mass is 346 g/mol. The molecular formula is C19H26N2O4. The maximum Gasteiger partial charge on any atom is 0.251 e. The van der Waals surface area contributed by atoms with E-state index in [1.54, 1.807) is 31.2 Å². The van der Waals surface area contributed by atoms with Gasteiger partial charge in [0.15, 0.2) is 0 Å². The van der Waals surface area contributed by atoms with E-state index in [0.717, 1.165) is 12.0 Å². The summed E-state index contributed by atoms with van der Waals surface area (Å²) in [5.41, 5.74) is 0.315. The van der Waals surface area contributed by atoms with E-state index in [1.807, 2.05) is 13.8 Å². The van der Waals surface area contributed by atoms with Crippen LogP contribution in [-0.2, 0) is 16.1 Å². The molecule has 6 heteroatoms. The van der Waals surface area contributed by atoms with E-state index < -0.39 is 5.60 Å². The minimum absolute atomic E-state index is 0.0747. The van der Waals surface area contributed by atoms with Crippen molar-refractivity contribution >= 4 is 17.7 Å². The third kappa shape index (κ3) is 4.66. The lowest BCUT2D eigenvalue weighted by atomic mass is 9.88. The molecule has 0 spiro atoms. The van der Waals surface area contributed by atoms with E-state index in [2.05, 4.69) is 5.32 Å². The molecule has 0 aromatic heterocycles. The Labute approximate surface area is 148 Å². The maximum atomic E-state index is 12.2. The van der Waals surface area contributed by atoms with Crippen LogP contribution >= 0.6 is 0 Å². The summed E-state index contributed by atoms with van der Waals surface area (Å²) in [6, 6.07) is 6.79. The molecule has 1 aromatic rings. The van der Waals surface area contributed by atoms with Gasteiger partial charge >= 0.3 is 0 Å². The van der Waals surface area contributed by atoms with Gasteiger partial charge in [0.2, 0.25) is 11.8 Å². The molecule has 1 fully saturated rings. The Hall–Kier alpha value is -2.21. The number of benzene rings is 1. The molecule has 6 nitrogen and oxygen atoms in total. The van der Waals surface area contributed by atoms with Gasteiger partial charge in [-0.05, 0) is 30.5 Å². The average Bonchev–Trinajstić information content (AvgIpc) is 2.91. The van der Waals surface area contributed by atoms with Crippen molar-refractivity contribution in [3.8, 4) is 0 Å². The number of amides is 3. The highest BCUT2D eigenvalue weighted by Gasteiger charge is 2.29. The molecule has 2 N–H and O–H groups in total. The zero-order chi connectivity index (χ0) is 18.6. The second kappa shape index (κ2) is 7.78. The lowest BCUT2D eigenvalue weighted by molar-refractivity contribution is -0.139. The van der Waals surface area contributed by atoms with Gasteiger partial charge in [-0.2, -0.15) is 0 Å². The first kappa shape index (κ1) is 19.1. The van der Waals surface area contributed by atoms with Gasteiger partial charge in [-0.15, -0.1) is 0 Å². The molecule has 0 radical (unpaired) electrons. The summed E-state index contributed by atoms with van der Waals surface area (Å²) in [6.07, 6.45) is 1.37. The third-order valence-electron chi connectivity index (χ3n) is 4.99. The van der Waals surface area contributed by atoms with Crippen molar-refractivity contribution in [1.29, 1.82) is 0 Å². The smallest absolute Gasteiger partial charge is 0.251 e. The van der Waals surface area contributed by atoms with Gasteiger partial charge < -0.3 is 10.4 Å². The molecule has 2 rings (SSSR count). The van der Waals surface area contributed by atoms with Crippen LogP contribution in [0.2, 0.25) is 0 Å². The van der Waals surface area contributed by atoms with E-state index in [0.29, 0.717) is 5.56 Å². The molecule has 0 unspecified atom stereocenters. The lowest BCUT2D eigenvalue weighted by Crippen LogP contribution is -2.45. The molecule has 136 valence electrons. The largest absolute Gasteiger partial charge is 0.388 e. The molecule has 1 aliphatic rings. The Balaban J connectivity index is 1.94. The number of carbonyl (C=O) groups excluding carboxylic acids is 3. The molecule has 1 saturated heterocycles. The summed E-state index contributed by atoms with van der Waals surface area (Å²) in [7, 11) is 0. The number of likely N-dealkylation sites (tertiary alicyclic amines) is 1. The predicted octanol–water partition coefficient (Wildman–Crippen LogP) is 1.86. The molecule has 0 saturated carbocycles. The van der Waals surface area contributed by atoms with E-state index in [1.165, 1.54) is 4.90 Å². The molecule has 3 amide bonds. The Kier molecular flexibility index (Phi) is 5.95. The van der Waals surface area contributed by atoms with Gasteiger partial charge in [-0.25, -0.2) is 0 Å². The minimum atomic E-state index is -0.958. The number of hydrogen-bond donors (Lipinski definition) is 2. The van der Waals surface area contributed by atoms with E-state index in [-0.39, 0.29) is 49.6 Å². The fourth-order valence-corrected chi connectivity index (χ4v) is 2.72. The number of imide groups is 1. The molecular weight excluding hydrogens is 320 g/mol. The van der Waals surface area contributed by atoms with Crippen LogP contribution in [0.3, 0.4) is 0 Å². The third-order valence-corrected chi connectivity index (χ3v) is 4.99. The standard InChI is InChI=1S/C19H26N2O4/c1-4-13(2)19(3,25)12-20-18(24)15-7-5-14(6-8-15)11-21-16(22)9-10-17(21)23/h5-8,13,25H,4,9-12H2,1-3H3,(H,20,24)/t13-,19-/m0/s1. The number of rotatable bonds is 7. The summed E-state index contributed by atoms with van der Waals surface area (Å²) in [4.78, 5) is 36.8. The first-order chi connectivity index (χ1) is 11.7. The van der Waals surface area contributed by atoms with Crippen molar-refractivity contribution < 1.29 is 19.5 Å². The summed E-state index contributed by atoms with van der Waals surface area (Å²) in [5, 5.41) is 13.1. The SMILES string of the molecule is CC[C@H](C)[C@@](C)(O)CNC(=O)c1ccc(CN2C(=O)CCC2=O)cc1. The zero-order valence-corrected chi connectivity index (χ0v) is 15.0. The van der Waals surface area contributed by atoms with E-state index in [9.17, 15) is 19.5 Å². The Morgan fingerprint density at radius 1 is 1.24 bits per heavy atom. The number of nitrogens with zero attached hydrogens (tertiary/aromatic N) is 1. The topological polar surface area (TPSA) is 86.7 Å². The normalized spacial score (nSPS) is 18.2.